The van der Waals surface area contributed by atoms with Crippen LogP contribution in [0.2, 0.25) is 0 Å². The molecule has 3 aliphatic rings. The Labute approximate surface area is 101 Å². The van der Waals surface area contributed by atoms with Crippen molar-refractivity contribution in [3.63, 3.8) is 0 Å². The summed E-state index contributed by atoms with van der Waals surface area (Å²) >= 11 is 0. The molecule has 0 radical (unpaired) electrons. The molecule has 1 aromatic rings. The summed E-state index contributed by atoms with van der Waals surface area (Å²) in [6.07, 6.45) is 4.39. The van der Waals surface area contributed by atoms with Gasteiger partial charge in [0.25, 0.3) is 0 Å². The minimum absolute atomic E-state index is 0.630. The molecule has 0 aromatic carbocycles. The van der Waals surface area contributed by atoms with Gasteiger partial charge in [-0.25, -0.2) is 4.68 Å². The van der Waals surface area contributed by atoms with Crippen molar-refractivity contribution < 1.29 is 0 Å². The lowest BCUT2D eigenvalue weighted by Gasteiger charge is -2.10. The largest absolute Gasteiger partial charge is 0.310 e. The predicted molar refractivity (Wildman–Crippen MR) is 62.0 cm³/mol. The first kappa shape index (κ1) is 10.00. The third-order valence-electron chi connectivity index (χ3n) is 5.07. The van der Waals surface area contributed by atoms with Gasteiger partial charge in [-0.3, -0.25) is 0 Å². The minimum atomic E-state index is 0.630. The fourth-order valence-electron chi connectivity index (χ4n) is 4.40. The first-order valence-corrected chi connectivity index (χ1v) is 6.87. The van der Waals surface area contributed by atoms with E-state index in [1.807, 2.05) is 0 Å². The second-order valence-corrected chi connectivity index (χ2v) is 5.80. The minimum Gasteiger partial charge on any atom is -0.310 e. The van der Waals surface area contributed by atoms with Crippen LogP contribution in [0.1, 0.15) is 38.1 Å². The first-order chi connectivity index (χ1) is 8.40. The summed E-state index contributed by atoms with van der Waals surface area (Å²) in [5, 5.41) is 15.5. The van der Waals surface area contributed by atoms with Gasteiger partial charge < -0.3 is 5.32 Å². The third-order valence-corrected chi connectivity index (χ3v) is 5.07. The van der Waals surface area contributed by atoms with E-state index in [0.717, 1.165) is 42.6 Å². The molecule has 1 aromatic heterocycles. The average Bonchev–Trinajstić information content (AvgIpc) is 2.78. The van der Waals surface area contributed by atoms with E-state index in [4.69, 9.17) is 0 Å². The van der Waals surface area contributed by atoms with Gasteiger partial charge in [0.2, 0.25) is 0 Å². The lowest BCUT2D eigenvalue weighted by molar-refractivity contribution is 0.413. The van der Waals surface area contributed by atoms with Gasteiger partial charge in [0.05, 0.1) is 12.6 Å². The zero-order valence-corrected chi connectivity index (χ0v) is 10.2. The average molecular weight is 233 g/mol. The molecule has 5 nitrogen and oxygen atoms in total. The number of aromatic nitrogens is 4. The summed E-state index contributed by atoms with van der Waals surface area (Å²) in [6, 6.07) is 0.630. The van der Waals surface area contributed by atoms with Crippen LogP contribution in [0.25, 0.3) is 0 Å². The summed E-state index contributed by atoms with van der Waals surface area (Å²) in [5.74, 6) is 4.78. The fraction of sp³-hybridized carbons (Fsp3) is 0.917. The zero-order chi connectivity index (χ0) is 11.4. The van der Waals surface area contributed by atoms with Crippen molar-refractivity contribution in [2.75, 3.05) is 6.54 Å². The smallest absolute Gasteiger partial charge is 0.165 e. The van der Waals surface area contributed by atoms with Crippen molar-refractivity contribution in [3.05, 3.63) is 5.82 Å². The Morgan fingerprint density at radius 1 is 1.29 bits per heavy atom. The Morgan fingerprint density at radius 2 is 2.06 bits per heavy atom. The summed E-state index contributed by atoms with van der Waals surface area (Å²) in [4.78, 5) is 0. The molecule has 4 rings (SSSR count). The number of nitrogens with zero attached hydrogens (tertiary/aromatic N) is 4. The van der Waals surface area contributed by atoms with Gasteiger partial charge in [-0.15, -0.1) is 5.10 Å². The highest BCUT2D eigenvalue weighted by atomic mass is 15.6. The van der Waals surface area contributed by atoms with Crippen molar-refractivity contribution >= 4 is 0 Å². The van der Waals surface area contributed by atoms with Crippen LogP contribution in [-0.4, -0.2) is 26.8 Å². The van der Waals surface area contributed by atoms with Gasteiger partial charge in [-0.2, -0.15) is 0 Å². The number of hydrogen-bond acceptors (Lipinski definition) is 4. The Bertz CT molecular complexity index is 412. The van der Waals surface area contributed by atoms with Gasteiger partial charge in [0, 0.05) is 0 Å². The van der Waals surface area contributed by atoms with Gasteiger partial charge >= 0.3 is 0 Å². The molecule has 0 amide bonds. The second-order valence-electron chi connectivity index (χ2n) is 5.80. The van der Waals surface area contributed by atoms with Crippen LogP contribution in [0, 0.1) is 23.7 Å². The van der Waals surface area contributed by atoms with Crippen LogP contribution in [0.3, 0.4) is 0 Å². The summed E-state index contributed by atoms with van der Waals surface area (Å²) < 4.78 is 2.11. The van der Waals surface area contributed by atoms with Crippen molar-refractivity contribution in [2.24, 2.45) is 23.7 Å². The molecular formula is C12H19N5. The normalized spacial score (nSPS) is 41.8. The zero-order valence-electron chi connectivity index (χ0n) is 10.2. The lowest BCUT2D eigenvalue weighted by atomic mass is 10.0. The molecule has 1 N–H and O–H groups in total. The summed E-state index contributed by atoms with van der Waals surface area (Å²) in [5.41, 5.74) is 0. The van der Waals surface area contributed by atoms with E-state index in [1.165, 1.54) is 19.3 Å². The molecule has 1 heterocycles. The summed E-state index contributed by atoms with van der Waals surface area (Å²) in [6.45, 7) is 3.88. The van der Waals surface area contributed by atoms with Crippen molar-refractivity contribution in [2.45, 2.75) is 38.8 Å². The Kier molecular flexibility index (Phi) is 2.06. The standard InChI is InChI=1S/C12H19N5/c1-2-13-6-9-14-15-16-17(9)12-10-7-3-4-8(5-7)11(10)12/h7-8,10-13H,2-6H2,1H3. The molecule has 17 heavy (non-hydrogen) atoms. The van der Waals surface area contributed by atoms with Crippen LogP contribution in [0.15, 0.2) is 0 Å². The maximum atomic E-state index is 4.23. The van der Waals surface area contributed by atoms with E-state index < -0.39 is 0 Å². The van der Waals surface area contributed by atoms with Crippen LogP contribution in [0.4, 0.5) is 0 Å². The van der Waals surface area contributed by atoms with Gasteiger partial charge in [-0.1, -0.05) is 6.92 Å². The first-order valence-electron chi connectivity index (χ1n) is 6.87. The topological polar surface area (TPSA) is 55.6 Å². The summed E-state index contributed by atoms with van der Waals surface area (Å²) in [7, 11) is 0. The number of nitrogens with one attached hydrogen (secondary N) is 1. The third kappa shape index (κ3) is 1.32. The Balaban J connectivity index is 1.55. The molecule has 0 saturated heterocycles. The molecule has 0 spiro atoms. The lowest BCUT2D eigenvalue weighted by Crippen LogP contribution is -2.18. The molecular weight excluding hydrogens is 214 g/mol. The maximum absolute atomic E-state index is 4.23. The maximum Gasteiger partial charge on any atom is 0.165 e. The molecule has 4 atom stereocenters. The fourth-order valence-corrected chi connectivity index (χ4v) is 4.40. The number of fused-ring (bicyclic) bond motifs is 5. The predicted octanol–water partition coefficient (Wildman–Crippen LogP) is 1.000. The monoisotopic (exact) mass is 233 g/mol. The van der Waals surface area contributed by atoms with E-state index >= 15 is 0 Å². The van der Waals surface area contributed by atoms with E-state index in [1.54, 1.807) is 0 Å². The number of tetrazole rings is 1. The molecule has 0 aliphatic heterocycles. The highest BCUT2D eigenvalue weighted by Crippen LogP contribution is 2.71. The molecule has 3 fully saturated rings. The molecule has 4 unspecified atom stereocenters. The Hall–Kier alpha value is -0.970. The van der Waals surface area contributed by atoms with E-state index in [-0.39, 0.29) is 0 Å². The van der Waals surface area contributed by atoms with Crippen LogP contribution in [-0.2, 0) is 6.54 Å². The number of hydrogen-bond donors (Lipinski definition) is 1. The second kappa shape index (κ2) is 3.51. The quantitative estimate of drug-likeness (QED) is 0.843. The van der Waals surface area contributed by atoms with Gasteiger partial charge in [0.15, 0.2) is 5.82 Å². The van der Waals surface area contributed by atoms with Crippen molar-refractivity contribution in [3.8, 4) is 0 Å². The van der Waals surface area contributed by atoms with E-state index in [9.17, 15) is 0 Å². The van der Waals surface area contributed by atoms with Crippen LogP contribution in [0.5, 0.6) is 0 Å². The number of rotatable bonds is 4. The molecule has 5 heteroatoms. The SMILES string of the molecule is CCNCc1nnnn1C1C2C3CCC(C3)C21. The van der Waals surface area contributed by atoms with Crippen molar-refractivity contribution in [1.82, 2.24) is 25.5 Å². The Morgan fingerprint density at radius 3 is 2.76 bits per heavy atom. The highest BCUT2D eigenvalue weighted by molar-refractivity contribution is 5.15. The van der Waals surface area contributed by atoms with Gasteiger partial charge in [0.1, 0.15) is 0 Å². The van der Waals surface area contributed by atoms with Crippen LogP contribution < -0.4 is 5.32 Å². The highest BCUT2D eigenvalue weighted by Gasteiger charge is 2.66. The van der Waals surface area contributed by atoms with E-state index in [0.29, 0.717) is 6.04 Å². The molecule has 3 aliphatic carbocycles. The molecule has 2 bridgehead atoms. The van der Waals surface area contributed by atoms with E-state index in [2.05, 4.69) is 32.4 Å². The van der Waals surface area contributed by atoms with Crippen LogP contribution >= 0.6 is 0 Å². The van der Waals surface area contributed by atoms with Crippen molar-refractivity contribution in [1.29, 1.82) is 0 Å². The van der Waals surface area contributed by atoms with Gasteiger partial charge in [-0.05, 0) is 59.9 Å². The molecule has 92 valence electrons. The molecule has 3 saturated carbocycles.